The van der Waals surface area contributed by atoms with Crippen LogP contribution in [0.3, 0.4) is 0 Å². The van der Waals surface area contributed by atoms with Crippen LogP contribution in [0.15, 0.2) is 47.4 Å². The lowest BCUT2D eigenvalue weighted by molar-refractivity contribution is 0.171. The van der Waals surface area contributed by atoms with Gasteiger partial charge in [0.05, 0.1) is 22.3 Å². The van der Waals surface area contributed by atoms with Gasteiger partial charge in [0, 0.05) is 13.0 Å². The van der Waals surface area contributed by atoms with Crippen molar-refractivity contribution in [1.29, 1.82) is 0 Å². The fourth-order valence-corrected chi connectivity index (χ4v) is 6.07. The average Bonchev–Trinajstić information content (AvgIpc) is 2.99. The number of rotatable bonds is 5. The fraction of sp³-hybridized carbons (Fsp3) is 0.368. The summed E-state index contributed by atoms with van der Waals surface area (Å²) in [6.07, 6.45) is 0. The molecule has 2 aromatic carbocycles. The van der Waals surface area contributed by atoms with Gasteiger partial charge in [-0.3, -0.25) is 0 Å². The van der Waals surface area contributed by atoms with Gasteiger partial charge in [0.2, 0.25) is 6.79 Å². The van der Waals surface area contributed by atoms with Gasteiger partial charge >= 0.3 is 0 Å². The Labute approximate surface area is 152 Å². The lowest BCUT2D eigenvalue weighted by Crippen LogP contribution is -2.35. The lowest BCUT2D eigenvalue weighted by Gasteiger charge is -2.11. The number of nitrogens with two attached hydrogens (primary N) is 1. The van der Waals surface area contributed by atoms with Gasteiger partial charge in [0.15, 0.2) is 21.3 Å². The Balaban J connectivity index is 1.73. The van der Waals surface area contributed by atoms with E-state index in [0.717, 1.165) is 11.1 Å². The lowest BCUT2D eigenvalue weighted by atomic mass is 10.1. The molecule has 1 saturated carbocycles. The minimum absolute atomic E-state index is 0.155. The smallest absolute Gasteiger partial charge is 0.231 e. The Kier molecular flexibility index (Phi) is 3.98. The molecule has 0 unspecified atom stereocenters. The van der Waals surface area contributed by atoms with Crippen LogP contribution in [0.25, 0.3) is 0 Å². The van der Waals surface area contributed by atoms with E-state index < -0.39 is 20.6 Å². The summed E-state index contributed by atoms with van der Waals surface area (Å²) in [4.78, 5) is 0.280. The van der Waals surface area contributed by atoms with E-state index in [9.17, 15) is 8.42 Å². The highest BCUT2D eigenvalue weighted by Crippen LogP contribution is 2.56. The van der Waals surface area contributed by atoms with Crippen molar-refractivity contribution < 1.29 is 22.6 Å². The van der Waals surface area contributed by atoms with Crippen molar-refractivity contribution in [2.45, 2.75) is 28.5 Å². The molecule has 4 rings (SSSR count). The van der Waals surface area contributed by atoms with Crippen LogP contribution < -0.4 is 15.2 Å². The maximum Gasteiger partial charge on any atom is 0.231 e. The molecule has 0 spiro atoms. The van der Waals surface area contributed by atoms with Gasteiger partial charge in [-0.1, -0.05) is 23.8 Å². The molecular weight excluding hydrogens is 354 g/mol. The third kappa shape index (κ3) is 2.58. The number of benzene rings is 2. The van der Waals surface area contributed by atoms with Crippen molar-refractivity contribution in [3.63, 3.8) is 0 Å². The minimum atomic E-state index is -3.60. The van der Waals surface area contributed by atoms with Gasteiger partial charge in [0.25, 0.3) is 0 Å². The summed E-state index contributed by atoms with van der Waals surface area (Å²) in [6, 6.07) is 12.3. The number of ether oxygens (including phenoxy) is 3. The highest BCUT2D eigenvalue weighted by molar-refractivity contribution is 7.92. The van der Waals surface area contributed by atoms with Gasteiger partial charge in [-0.15, -0.1) is 0 Å². The maximum absolute atomic E-state index is 13.2. The van der Waals surface area contributed by atoms with Gasteiger partial charge < -0.3 is 19.9 Å². The molecule has 2 N–H and O–H groups in total. The zero-order valence-corrected chi connectivity index (χ0v) is 15.5. The minimum Gasteiger partial charge on any atom is -0.454 e. The van der Waals surface area contributed by atoms with Crippen LogP contribution in [-0.2, 0) is 14.6 Å². The standard InChI is InChI=1S/C19H21NO5S/c1-12-3-6-14(7-4-12)26(21,22)18-17(19(18,20)10-23-2)13-5-8-15-16(9-13)25-11-24-15/h3-9,17-18H,10-11,20H2,1-2H3/t17-,18+,19+/m1/s1. The second kappa shape index (κ2) is 5.97. The van der Waals surface area contributed by atoms with Crippen LogP contribution in [0.1, 0.15) is 17.0 Å². The maximum atomic E-state index is 13.2. The summed E-state index contributed by atoms with van der Waals surface area (Å²) in [5.41, 5.74) is 7.34. The fourth-order valence-electron chi connectivity index (χ4n) is 3.78. The second-order valence-electron chi connectivity index (χ2n) is 6.91. The summed E-state index contributed by atoms with van der Waals surface area (Å²) >= 11 is 0. The van der Waals surface area contributed by atoms with Gasteiger partial charge in [-0.25, -0.2) is 8.42 Å². The van der Waals surface area contributed by atoms with Gasteiger partial charge in [-0.05, 0) is 36.8 Å². The quantitative estimate of drug-likeness (QED) is 0.860. The van der Waals surface area contributed by atoms with E-state index in [-0.39, 0.29) is 24.2 Å². The Morgan fingerprint density at radius 1 is 1.15 bits per heavy atom. The van der Waals surface area contributed by atoms with E-state index in [0.29, 0.717) is 11.5 Å². The molecule has 1 aliphatic carbocycles. The number of fused-ring (bicyclic) bond motifs is 1. The van der Waals surface area contributed by atoms with Crippen molar-refractivity contribution in [3.05, 3.63) is 53.6 Å². The normalized spacial score (nSPS) is 26.7. The molecule has 0 aromatic heterocycles. The van der Waals surface area contributed by atoms with Crippen molar-refractivity contribution in [2.75, 3.05) is 20.5 Å². The van der Waals surface area contributed by atoms with E-state index in [1.807, 2.05) is 19.1 Å². The molecule has 1 heterocycles. The van der Waals surface area contributed by atoms with Crippen LogP contribution in [0, 0.1) is 6.92 Å². The molecule has 26 heavy (non-hydrogen) atoms. The molecule has 2 aliphatic rings. The molecule has 2 aromatic rings. The topological polar surface area (TPSA) is 87.8 Å². The predicted molar refractivity (Wildman–Crippen MR) is 96.3 cm³/mol. The zero-order valence-electron chi connectivity index (χ0n) is 14.6. The van der Waals surface area contributed by atoms with Crippen LogP contribution in [0.5, 0.6) is 11.5 Å². The predicted octanol–water partition coefficient (Wildman–Crippen LogP) is 2.01. The number of hydrogen-bond acceptors (Lipinski definition) is 6. The Hall–Kier alpha value is -2.09. The first kappa shape index (κ1) is 17.3. The van der Waals surface area contributed by atoms with E-state index >= 15 is 0 Å². The molecule has 0 saturated heterocycles. The monoisotopic (exact) mass is 375 g/mol. The summed E-state index contributed by atoms with van der Waals surface area (Å²) < 4.78 is 42.4. The molecule has 3 atom stereocenters. The van der Waals surface area contributed by atoms with Crippen LogP contribution in [-0.4, -0.2) is 39.7 Å². The second-order valence-corrected chi connectivity index (χ2v) is 8.98. The highest BCUT2D eigenvalue weighted by Gasteiger charge is 2.69. The first-order valence-electron chi connectivity index (χ1n) is 8.36. The Bertz CT molecular complexity index is 941. The Morgan fingerprint density at radius 3 is 2.54 bits per heavy atom. The first-order valence-corrected chi connectivity index (χ1v) is 9.90. The number of methoxy groups -OCH3 is 1. The molecule has 0 amide bonds. The summed E-state index contributed by atoms with van der Waals surface area (Å²) in [7, 11) is -2.07. The van der Waals surface area contributed by atoms with Crippen molar-refractivity contribution in [3.8, 4) is 11.5 Å². The highest BCUT2D eigenvalue weighted by atomic mass is 32.2. The summed E-state index contributed by atoms with van der Waals surface area (Å²) in [5, 5.41) is -0.752. The third-order valence-electron chi connectivity index (χ3n) is 5.14. The SMILES string of the molecule is COC[C@]1(N)[C@H](c2ccc3c(c2)OCO3)[C@@H]1S(=O)(=O)c1ccc(C)cc1. The van der Waals surface area contributed by atoms with E-state index in [1.54, 1.807) is 30.3 Å². The zero-order chi connectivity index (χ0) is 18.5. The third-order valence-corrected chi connectivity index (χ3v) is 7.45. The molecule has 0 radical (unpaired) electrons. The van der Waals surface area contributed by atoms with Crippen LogP contribution >= 0.6 is 0 Å². The molecular formula is C19H21NO5S. The van der Waals surface area contributed by atoms with Crippen LogP contribution in [0.2, 0.25) is 0 Å². The molecule has 6 nitrogen and oxygen atoms in total. The van der Waals surface area contributed by atoms with Crippen LogP contribution in [0.4, 0.5) is 0 Å². The molecule has 0 bridgehead atoms. The van der Waals surface area contributed by atoms with Crippen molar-refractivity contribution >= 4 is 9.84 Å². The number of sulfone groups is 1. The van der Waals surface area contributed by atoms with Gasteiger partial charge in [0.1, 0.15) is 0 Å². The molecule has 138 valence electrons. The number of aryl methyl sites for hydroxylation is 1. The molecule has 7 heteroatoms. The Morgan fingerprint density at radius 2 is 1.85 bits per heavy atom. The van der Waals surface area contributed by atoms with Gasteiger partial charge in [-0.2, -0.15) is 0 Å². The van der Waals surface area contributed by atoms with E-state index in [1.165, 1.54) is 7.11 Å². The molecule has 1 aliphatic heterocycles. The number of hydrogen-bond donors (Lipinski definition) is 1. The summed E-state index contributed by atoms with van der Waals surface area (Å²) in [6.45, 7) is 2.24. The van der Waals surface area contributed by atoms with Crippen molar-refractivity contribution in [1.82, 2.24) is 0 Å². The summed E-state index contributed by atoms with van der Waals surface area (Å²) in [5.74, 6) is 0.894. The first-order chi connectivity index (χ1) is 12.4. The van der Waals surface area contributed by atoms with Crippen molar-refractivity contribution in [2.24, 2.45) is 5.73 Å². The molecule has 1 fully saturated rings. The van der Waals surface area contributed by atoms with E-state index in [4.69, 9.17) is 19.9 Å². The average molecular weight is 375 g/mol. The largest absolute Gasteiger partial charge is 0.454 e. The van der Waals surface area contributed by atoms with E-state index in [2.05, 4.69) is 0 Å².